The molecule has 30 heavy (non-hydrogen) atoms. The van der Waals surface area contributed by atoms with Gasteiger partial charge in [0.05, 0.1) is 12.5 Å². The summed E-state index contributed by atoms with van der Waals surface area (Å²) in [7, 11) is 0. The number of hydrogen-bond donors (Lipinski definition) is 1. The summed E-state index contributed by atoms with van der Waals surface area (Å²) in [6, 6.07) is 17.7. The predicted octanol–water partition coefficient (Wildman–Crippen LogP) is 4.24. The van der Waals surface area contributed by atoms with Crippen molar-refractivity contribution < 1.29 is 19.1 Å². The fourth-order valence-electron chi connectivity index (χ4n) is 4.40. The summed E-state index contributed by atoms with van der Waals surface area (Å²) < 4.78 is 11.2. The summed E-state index contributed by atoms with van der Waals surface area (Å²) in [4.78, 5) is 26.2. The fraction of sp³-hybridized carbons (Fsp3) is 0.280. The fourth-order valence-corrected chi connectivity index (χ4v) is 4.40. The van der Waals surface area contributed by atoms with Gasteiger partial charge in [0.2, 0.25) is 5.88 Å². The van der Waals surface area contributed by atoms with Crippen molar-refractivity contribution in [3.05, 3.63) is 94.1 Å². The van der Waals surface area contributed by atoms with Gasteiger partial charge < -0.3 is 15.2 Å². The first-order valence-corrected chi connectivity index (χ1v) is 10.2. The zero-order valence-corrected chi connectivity index (χ0v) is 17.2. The van der Waals surface area contributed by atoms with Crippen molar-refractivity contribution in [2.75, 3.05) is 6.61 Å². The number of hydrogen-bond acceptors (Lipinski definition) is 5. The van der Waals surface area contributed by atoms with Crippen LogP contribution in [0.15, 0.2) is 77.4 Å². The third kappa shape index (κ3) is 3.52. The Morgan fingerprint density at radius 2 is 1.80 bits per heavy atom. The summed E-state index contributed by atoms with van der Waals surface area (Å²) in [6.45, 7) is 3.91. The molecule has 1 aliphatic heterocycles. The molecular weight excluding hydrogens is 378 g/mol. The van der Waals surface area contributed by atoms with Gasteiger partial charge in [-0.15, -0.1) is 0 Å². The molecule has 1 aliphatic carbocycles. The van der Waals surface area contributed by atoms with Crippen molar-refractivity contribution in [2.24, 2.45) is 5.73 Å². The number of allylic oxidation sites excluding steroid dienone is 2. The lowest BCUT2D eigenvalue weighted by Crippen LogP contribution is -2.33. The highest BCUT2D eigenvalue weighted by Crippen LogP contribution is 2.47. The highest BCUT2D eigenvalue weighted by atomic mass is 16.5. The van der Waals surface area contributed by atoms with E-state index in [4.69, 9.17) is 15.2 Å². The van der Waals surface area contributed by atoms with Crippen molar-refractivity contribution in [3.8, 4) is 0 Å². The molecule has 0 amide bonds. The number of carbonyl (C=O) groups excluding carboxylic acids is 2. The van der Waals surface area contributed by atoms with E-state index < -0.39 is 11.9 Å². The number of rotatable bonds is 4. The molecule has 5 nitrogen and oxygen atoms in total. The molecule has 4 rings (SSSR count). The van der Waals surface area contributed by atoms with Crippen LogP contribution < -0.4 is 5.73 Å². The SMILES string of the molecule is CCOC(=O)C1=C(N)OC2=C(C(=O)C[C@H](c3ccccc3)C2)[C@H]1c1ccccc1C. The highest BCUT2D eigenvalue weighted by molar-refractivity contribution is 6.03. The Morgan fingerprint density at radius 3 is 2.50 bits per heavy atom. The minimum absolute atomic E-state index is 0.0157. The minimum Gasteiger partial charge on any atom is -0.462 e. The van der Waals surface area contributed by atoms with Crippen LogP contribution in [0.5, 0.6) is 0 Å². The average molecular weight is 403 g/mol. The van der Waals surface area contributed by atoms with Gasteiger partial charge in [-0.25, -0.2) is 4.79 Å². The number of nitrogens with two attached hydrogens (primary N) is 1. The van der Waals surface area contributed by atoms with Crippen LogP contribution >= 0.6 is 0 Å². The first kappa shape index (κ1) is 20.0. The number of esters is 1. The molecule has 5 heteroatoms. The van der Waals surface area contributed by atoms with E-state index in [0.717, 1.165) is 16.7 Å². The molecule has 0 saturated carbocycles. The minimum atomic E-state index is -0.585. The first-order valence-electron chi connectivity index (χ1n) is 10.2. The van der Waals surface area contributed by atoms with Crippen LogP contribution in [-0.2, 0) is 19.1 Å². The zero-order valence-electron chi connectivity index (χ0n) is 17.2. The molecule has 2 atom stereocenters. The highest BCUT2D eigenvalue weighted by Gasteiger charge is 2.43. The second kappa shape index (κ2) is 8.19. The monoisotopic (exact) mass is 403 g/mol. The van der Waals surface area contributed by atoms with Gasteiger partial charge >= 0.3 is 5.97 Å². The van der Waals surface area contributed by atoms with Crippen LogP contribution in [0.2, 0.25) is 0 Å². The molecule has 0 aromatic heterocycles. The number of carbonyl (C=O) groups is 2. The summed E-state index contributed by atoms with van der Waals surface area (Å²) in [6.07, 6.45) is 0.925. The van der Waals surface area contributed by atoms with Crippen LogP contribution in [0.4, 0.5) is 0 Å². The lowest BCUT2D eigenvalue weighted by Gasteiger charge is -2.35. The van der Waals surface area contributed by atoms with Gasteiger partial charge in [0.1, 0.15) is 11.3 Å². The van der Waals surface area contributed by atoms with E-state index in [1.165, 1.54) is 0 Å². The molecule has 0 saturated heterocycles. The Bertz CT molecular complexity index is 1050. The lowest BCUT2D eigenvalue weighted by atomic mass is 9.72. The number of ketones is 1. The van der Waals surface area contributed by atoms with Gasteiger partial charge in [0.25, 0.3) is 0 Å². The van der Waals surface area contributed by atoms with E-state index in [0.29, 0.717) is 24.2 Å². The summed E-state index contributed by atoms with van der Waals surface area (Å²) >= 11 is 0. The molecule has 2 aliphatic rings. The maximum atomic E-state index is 13.4. The van der Waals surface area contributed by atoms with E-state index in [9.17, 15) is 9.59 Å². The molecule has 2 aromatic rings. The largest absolute Gasteiger partial charge is 0.462 e. The normalized spacial score (nSPS) is 21.2. The van der Waals surface area contributed by atoms with Gasteiger partial charge in [-0.3, -0.25) is 4.79 Å². The summed E-state index contributed by atoms with van der Waals surface area (Å²) in [5.74, 6) is -0.563. The quantitative estimate of drug-likeness (QED) is 0.773. The zero-order chi connectivity index (χ0) is 21.3. The van der Waals surface area contributed by atoms with Crippen LogP contribution in [0.1, 0.15) is 48.3 Å². The van der Waals surface area contributed by atoms with E-state index in [1.54, 1.807) is 6.92 Å². The van der Waals surface area contributed by atoms with Crippen LogP contribution in [-0.4, -0.2) is 18.4 Å². The number of Topliss-reactive ketones (excluding diaryl/α,β-unsaturated/α-hetero) is 1. The van der Waals surface area contributed by atoms with Crippen molar-refractivity contribution in [1.29, 1.82) is 0 Å². The van der Waals surface area contributed by atoms with E-state index in [2.05, 4.69) is 0 Å². The third-order valence-electron chi connectivity index (χ3n) is 5.81. The Labute approximate surface area is 176 Å². The molecule has 0 unspecified atom stereocenters. The molecule has 2 N–H and O–H groups in total. The number of aryl methyl sites for hydroxylation is 1. The van der Waals surface area contributed by atoms with Crippen LogP contribution in [0.3, 0.4) is 0 Å². The van der Waals surface area contributed by atoms with Gasteiger partial charge in [-0.1, -0.05) is 54.6 Å². The smallest absolute Gasteiger partial charge is 0.340 e. The van der Waals surface area contributed by atoms with Gasteiger partial charge in [-0.2, -0.15) is 0 Å². The van der Waals surface area contributed by atoms with Crippen LogP contribution in [0, 0.1) is 6.92 Å². The van der Waals surface area contributed by atoms with E-state index in [-0.39, 0.29) is 29.8 Å². The molecule has 2 aromatic carbocycles. The average Bonchev–Trinajstić information content (AvgIpc) is 2.74. The Balaban J connectivity index is 1.82. The molecule has 0 radical (unpaired) electrons. The topological polar surface area (TPSA) is 78.6 Å². The second-order valence-electron chi connectivity index (χ2n) is 7.67. The lowest BCUT2D eigenvalue weighted by molar-refractivity contribution is -0.139. The van der Waals surface area contributed by atoms with Crippen molar-refractivity contribution >= 4 is 11.8 Å². The Hall–Kier alpha value is -3.34. The van der Waals surface area contributed by atoms with E-state index in [1.807, 2.05) is 61.5 Å². The molecule has 0 fully saturated rings. The van der Waals surface area contributed by atoms with E-state index >= 15 is 0 Å². The molecular formula is C25H25NO4. The molecule has 154 valence electrons. The van der Waals surface area contributed by atoms with Crippen molar-refractivity contribution in [3.63, 3.8) is 0 Å². The van der Waals surface area contributed by atoms with Gasteiger partial charge in [0.15, 0.2) is 5.78 Å². The molecule has 0 bridgehead atoms. The van der Waals surface area contributed by atoms with Gasteiger partial charge in [0, 0.05) is 18.4 Å². The standard InChI is InChI=1S/C25H25NO4/c1-3-29-25(28)23-21(18-12-8-7-9-15(18)2)22-19(27)13-17(14-20(22)30-24(23)26)16-10-5-4-6-11-16/h4-12,17,21H,3,13-14,26H2,1-2H3/t17-,21+/m0/s1. The third-order valence-corrected chi connectivity index (χ3v) is 5.81. The van der Waals surface area contributed by atoms with Crippen molar-refractivity contribution in [2.45, 2.75) is 38.5 Å². The second-order valence-corrected chi connectivity index (χ2v) is 7.67. The first-order chi connectivity index (χ1) is 14.5. The Morgan fingerprint density at radius 1 is 1.10 bits per heavy atom. The maximum Gasteiger partial charge on any atom is 0.340 e. The summed E-state index contributed by atoms with van der Waals surface area (Å²) in [5.41, 5.74) is 9.89. The summed E-state index contributed by atoms with van der Waals surface area (Å²) in [5, 5.41) is 0. The van der Waals surface area contributed by atoms with Crippen molar-refractivity contribution in [1.82, 2.24) is 0 Å². The molecule has 0 spiro atoms. The van der Waals surface area contributed by atoms with Crippen LogP contribution in [0.25, 0.3) is 0 Å². The number of benzene rings is 2. The molecule has 1 heterocycles. The van der Waals surface area contributed by atoms with Gasteiger partial charge in [-0.05, 0) is 36.5 Å². The maximum absolute atomic E-state index is 13.4. The predicted molar refractivity (Wildman–Crippen MR) is 113 cm³/mol. The number of ether oxygens (including phenoxy) is 2. The Kier molecular flexibility index (Phi) is 5.44.